The summed E-state index contributed by atoms with van der Waals surface area (Å²) in [5.41, 5.74) is 1.28. The number of para-hydroxylation sites is 1. The van der Waals surface area contributed by atoms with E-state index < -0.39 is 5.91 Å². The zero-order valence-electron chi connectivity index (χ0n) is 13.0. The number of fused-ring (bicyclic) bond motifs is 2. The summed E-state index contributed by atoms with van der Waals surface area (Å²) in [7, 11) is 0. The van der Waals surface area contributed by atoms with Gasteiger partial charge >= 0.3 is 0 Å². The molecule has 0 fully saturated rings. The van der Waals surface area contributed by atoms with Crippen LogP contribution >= 0.6 is 0 Å². The van der Waals surface area contributed by atoms with E-state index in [2.05, 4.69) is 10.3 Å². The van der Waals surface area contributed by atoms with E-state index in [4.69, 9.17) is 4.42 Å². The number of carbonyl (C=O) groups is 1. The van der Waals surface area contributed by atoms with Crippen LogP contribution in [0.4, 0.5) is 0 Å². The summed E-state index contributed by atoms with van der Waals surface area (Å²) in [4.78, 5) is 28.6. The molecule has 0 bridgehead atoms. The van der Waals surface area contributed by atoms with Gasteiger partial charge in [-0.05, 0) is 18.2 Å². The molecule has 25 heavy (non-hydrogen) atoms. The Morgan fingerprint density at radius 1 is 1.24 bits per heavy atom. The molecule has 4 rings (SSSR count). The maximum atomic E-state index is 12.3. The van der Waals surface area contributed by atoms with Crippen LogP contribution in [0.3, 0.4) is 0 Å². The number of amides is 1. The summed E-state index contributed by atoms with van der Waals surface area (Å²) in [5.74, 6) is -0.431. The largest absolute Gasteiger partial charge is 0.508 e. The number of hydrogen-bond acceptors (Lipinski definition) is 5. The Balaban J connectivity index is 1.56. The van der Waals surface area contributed by atoms with Crippen LogP contribution in [0.15, 0.2) is 64.1 Å². The van der Waals surface area contributed by atoms with Gasteiger partial charge in [-0.1, -0.05) is 12.1 Å². The maximum Gasteiger partial charge on any atom is 0.287 e. The molecule has 3 heterocycles. The van der Waals surface area contributed by atoms with Gasteiger partial charge in [0.25, 0.3) is 5.91 Å². The lowest BCUT2D eigenvalue weighted by molar-refractivity contribution is 0.0923. The third-order valence-corrected chi connectivity index (χ3v) is 3.78. The summed E-state index contributed by atoms with van der Waals surface area (Å²) in [6.07, 6.45) is 3.41. The van der Waals surface area contributed by atoms with E-state index in [-0.39, 0.29) is 23.5 Å². The number of imidazole rings is 1. The molecule has 0 aliphatic heterocycles. The number of nitrogens with one attached hydrogen (secondary N) is 1. The topological polar surface area (TPSA) is 96.8 Å². The predicted molar refractivity (Wildman–Crippen MR) is 90.5 cm³/mol. The zero-order valence-corrected chi connectivity index (χ0v) is 13.0. The highest BCUT2D eigenvalue weighted by Gasteiger charge is 2.12. The lowest BCUT2D eigenvalue weighted by Gasteiger charge is -2.03. The normalized spacial score (nSPS) is 11.0. The minimum atomic E-state index is -0.497. The minimum absolute atomic E-state index is 0.0508. The Hall–Kier alpha value is -3.61. The monoisotopic (exact) mass is 335 g/mol. The third kappa shape index (κ3) is 2.83. The SMILES string of the molecule is O=C(NCc1cn2ccc(O)cc2n1)c1cc(=O)c2ccccc2o1. The molecule has 7 heteroatoms. The number of carbonyl (C=O) groups excluding carboxylic acids is 1. The molecule has 7 nitrogen and oxygen atoms in total. The number of pyridine rings is 1. The second kappa shape index (κ2) is 5.79. The van der Waals surface area contributed by atoms with Gasteiger partial charge in [-0.25, -0.2) is 4.98 Å². The van der Waals surface area contributed by atoms with Crippen LogP contribution in [0.1, 0.15) is 16.2 Å². The van der Waals surface area contributed by atoms with E-state index >= 15 is 0 Å². The molecule has 1 amide bonds. The van der Waals surface area contributed by atoms with E-state index in [1.165, 1.54) is 12.1 Å². The average molecular weight is 335 g/mol. The van der Waals surface area contributed by atoms with Crippen molar-refractivity contribution >= 4 is 22.5 Å². The van der Waals surface area contributed by atoms with Gasteiger partial charge in [0.1, 0.15) is 17.0 Å². The zero-order chi connectivity index (χ0) is 17.4. The van der Waals surface area contributed by atoms with Crippen molar-refractivity contribution in [1.82, 2.24) is 14.7 Å². The van der Waals surface area contributed by atoms with E-state index in [0.717, 1.165) is 0 Å². The van der Waals surface area contributed by atoms with Gasteiger partial charge in [0.05, 0.1) is 17.6 Å². The predicted octanol–water partition coefficient (Wildman–Crippen LogP) is 2.08. The van der Waals surface area contributed by atoms with Crippen molar-refractivity contribution in [3.63, 3.8) is 0 Å². The summed E-state index contributed by atoms with van der Waals surface area (Å²) >= 11 is 0. The van der Waals surface area contributed by atoms with Crippen LogP contribution < -0.4 is 10.7 Å². The van der Waals surface area contributed by atoms with Crippen molar-refractivity contribution in [3.8, 4) is 5.75 Å². The van der Waals surface area contributed by atoms with E-state index in [9.17, 15) is 14.7 Å². The highest BCUT2D eigenvalue weighted by molar-refractivity contribution is 5.93. The molecule has 0 spiro atoms. The molecular formula is C18H13N3O4. The van der Waals surface area contributed by atoms with E-state index in [0.29, 0.717) is 22.3 Å². The van der Waals surface area contributed by atoms with Gasteiger partial charge in [0.2, 0.25) is 0 Å². The summed E-state index contributed by atoms with van der Waals surface area (Å²) in [6, 6.07) is 11.0. The summed E-state index contributed by atoms with van der Waals surface area (Å²) in [5, 5.41) is 12.6. The molecule has 0 aliphatic rings. The molecule has 0 aliphatic carbocycles. The fraction of sp³-hybridized carbons (Fsp3) is 0.0556. The molecule has 124 valence electrons. The number of aromatic hydroxyl groups is 1. The molecule has 0 unspecified atom stereocenters. The highest BCUT2D eigenvalue weighted by Crippen LogP contribution is 2.14. The van der Waals surface area contributed by atoms with Crippen LogP contribution in [0.25, 0.3) is 16.6 Å². The third-order valence-electron chi connectivity index (χ3n) is 3.78. The Labute approximate surface area is 141 Å². The Bertz CT molecular complexity index is 1160. The molecular weight excluding hydrogens is 322 g/mol. The Morgan fingerprint density at radius 3 is 2.96 bits per heavy atom. The molecule has 2 N–H and O–H groups in total. The van der Waals surface area contributed by atoms with Gasteiger partial charge < -0.3 is 19.2 Å². The first-order valence-corrected chi connectivity index (χ1v) is 7.58. The van der Waals surface area contributed by atoms with Crippen molar-refractivity contribution in [2.45, 2.75) is 6.54 Å². The number of aromatic nitrogens is 2. The highest BCUT2D eigenvalue weighted by atomic mass is 16.3. The first-order valence-electron chi connectivity index (χ1n) is 7.58. The van der Waals surface area contributed by atoms with E-state index in [1.807, 2.05) is 0 Å². The maximum absolute atomic E-state index is 12.3. The Morgan fingerprint density at radius 2 is 2.08 bits per heavy atom. The van der Waals surface area contributed by atoms with Crippen LogP contribution in [0.2, 0.25) is 0 Å². The lowest BCUT2D eigenvalue weighted by atomic mass is 10.2. The molecule has 0 radical (unpaired) electrons. The van der Waals surface area contributed by atoms with Crippen LogP contribution in [-0.2, 0) is 6.54 Å². The Kier molecular flexibility index (Phi) is 3.46. The van der Waals surface area contributed by atoms with Crippen molar-refractivity contribution < 1.29 is 14.3 Å². The van der Waals surface area contributed by atoms with Crippen molar-refractivity contribution in [1.29, 1.82) is 0 Å². The quantitative estimate of drug-likeness (QED) is 0.597. The van der Waals surface area contributed by atoms with Gasteiger partial charge in [0, 0.05) is 24.5 Å². The second-order valence-electron chi connectivity index (χ2n) is 5.54. The molecule has 0 saturated carbocycles. The van der Waals surface area contributed by atoms with Crippen molar-refractivity contribution in [2.24, 2.45) is 0 Å². The van der Waals surface area contributed by atoms with E-state index in [1.54, 1.807) is 47.1 Å². The lowest BCUT2D eigenvalue weighted by Crippen LogP contribution is -2.24. The van der Waals surface area contributed by atoms with Crippen molar-refractivity contribution in [3.05, 3.63) is 76.5 Å². The molecule has 0 atom stereocenters. The second-order valence-corrected chi connectivity index (χ2v) is 5.54. The fourth-order valence-electron chi connectivity index (χ4n) is 2.58. The van der Waals surface area contributed by atoms with Crippen molar-refractivity contribution in [2.75, 3.05) is 0 Å². The molecule has 1 aromatic carbocycles. The first kappa shape index (κ1) is 14.9. The molecule has 4 aromatic rings. The van der Waals surface area contributed by atoms with Gasteiger partial charge in [0.15, 0.2) is 11.2 Å². The minimum Gasteiger partial charge on any atom is -0.508 e. The number of hydrogen-bond donors (Lipinski definition) is 2. The fourth-order valence-corrected chi connectivity index (χ4v) is 2.58. The average Bonchev–Trinajstić information content (AvgIpc) is 3.01. The van der Waals surface area contributed by atoms with Crippen LogP contribution in [-0.4, -0.2) is 20.4 Å². The number of rotatable bonds is 3. The van der Waals surface area contributed by atoms with Gasteiger partial charge in [-0.2, -0.15) is 0 Å². The van der Waals surface area contributed by atoms with Crippen LogP contribution in [0, 0.1) is 0 Å². The molecule has 0 saturated heterocycles. The van der Waals surface area contributed by atoms with Gasteiger partial charge in [-0.3, -0.25) is 9.59 Å². The number of nitrogens with zero attached hydrogens (tertiary/aromatic N) is 2. The summed E-state index contributed by atoms with van der Waals surface area (Å²) < 4.78 is 7.23. The van der Waals surface area contributed by atoms with Crippen LogP contribution in [0.5, 0.6) is 5.75 Å². The molecule has 3 aromatic heterocycles. The number of benzene rings is 1. The standard InChI is InChI=1S/C18H13N3O4/c22-12-5-6-21-10-11(20-17(21)7-12)9-19-18(24)16-8-14(23)13-3-1-2-4-15(13)25-16/h1-8,10,22H,9H2,(H,19,24). The summed E-state index contributed by atoms with van der Waals surface area (Å²) in [6.45, 7) is 0.164. The smallest absolute Gasteiger partial charge is 0.287 e. The van der Waals surface area contributed by atoms with Gasteiger partial charge in [-0.15, -0.1) is 0 Å². The first-order chi connectivity index (χ1) is 12.1.